The van der Waals surface area contributed by atoms with Gasteiger partial charge in [0.1, 0.15) is 0 Å². The fraction of sp³-hybridized carbons (Fsp3) is 0.643. The Hall–Kier alpha value is -1.50. The van der Waals surface area contributed by atoms with Crippen molar-refractivity contribution in [3.8, 4) is 0 Å². The summed E-state index contributed by atoms with van der Waals surface area (Å²) in [5.74, 6) is -0.555. The zero-order chi connectivity index (χ0) is 15.7. The maximum atomic E-state index is 13.2. The summed E-state index contributed by atoms with van der Waals surface area (Å²) < 4.78 is 41.2. The first kappa shape index (κ1) is 15.9. The summed E-state index contributed by atoms with van der Waals surface area (Å²) in [6, 6.07) is -0.593. The van der Waals surface area contributed by atoms with Gasteiger partial charge in [-0.3, -0.25) is 4.79 Å². The van der Waals surface area contributed by atoms with E-state index < -0.39 is 23.5 Å². The first-order chi connectivity index (χ1) is 9.72. The number of carbonyl (C=O) groups excluding carboxylic acids is 1. The molecule has 0 radical (unpaired) electrons. The molecule has 1 saturated heterocycles. The third kappa shape index (κ3) is 3.58. The molecule has 4 nitrogen and oxygen atoms in total. The Morgan fingerprint density at radius 3 is 2.71 bits per heavy atom. The molecule has 1 fully saturated rings. The van der Waals surface area contributed by atoms with Crippen molar-refractivity contribution in [1.29, 1.82) is 0 Å². The van der Waals surface area contributed by atoms with Crippen LogP contribution >= 0.6 is 0 Å². The average molecular weight is 303 g/mol. The lowest BCUT2D eigenvalue weighted by atomic mass is 9.81. The molecule has 21 heavy (non-hydrogen) atoms. The van der Waals surface area contributed by atoms with Crippen molar-refractivity contribution in [3.05, 3.63) is 24.0 Å². The Morgan fingerprint density at radius 2 is 2.24 bits per heavy atom. The van der Waals surface area contributed by atoms with Gasteiger partial charge in [0.15, 0.2) is 6.04 Å². The second kappa shape index (κ2) is 5.71. The van der Waals surface area contributed by atoms with E-state index in [0.29, 0.717) is 13.0 Å². The van der Waals surface area contributed by atoms with Gasteiger partial charge in [-0.1, -0.05) is 0 Å². The third-order valence-electron chi connectivity index (χ3n) is 3.94. The SMILES string of the molecule is Cn1ccc([C@@H](NC(=O)[C@@]2(C)CCCNC2)C(F)(F)F)c1. The molecule has 0 saturated carbocycles. The van der Waals surface area contributed by atoms with E-state index >= 15 is 0 Å². The number of piperidine rings is 1. The Morgan fingerprint density at radius 1 is 1.52 bits per heavy atom. The monoisotopic (exact) mass is 303 g/mol. The maximum Gasteiger partial charge on any atom is 0.412 e. The summed E-state index contributed by atoms with van der Waals surface area (Å²) in [6.45, 7) is 2.90. The number of rotatable bonds is 3. The lowest BCUT2D eigenvalue weighted by molar-refractivity contribution is -0.166. The molecule has 1 aromatic heterocycles. The summed E-state index contributed by atoms with van der Waals surface area (Å²) in [5.41, 5.74) is -0.748. The number of nitrogens with one attached hydrogen (secondary N) is 2. The lowest BCUT2D eigenvalue weighted by Crippen LogP contribution is -2.51. The highest BCUT2D eigenvalue weighted by Gasteiger charge is 2.45. The van der Waals surface area contributed by atoms with Gasteiger partial charge in [0.05, 0.1) is 5.41 Å². The van der Waals surface area contributed by atoms with Gasteiger partial charge >= 0.3 is 6.18 Å². The van der Waals surface area contributed by atoms with Crippen molar-refractivity contribution in [2.45, 2.75) is 32.0 Å². The number of alkyl halides is 3. The van der Waals surface area contributed by atoms with E-state index in [-0.39, 0.29) is 5.56 Å². The number of halogens is 3. The van der Waals surface area contributed by atoms with Crippen LogP contribution in [0.15, 0.2) is 18.5 Å². The Bertz CT molecular complexity index is 504. The molecule has 1 amide bonds. The van der Waals surface area contributed by atoms with E-state index in [1.807, 2.05) is 0 Å². The van der Waals surface area contributed by atoms with Crippen LogP contribution in [0, 0.1) is 5.41 Å². The minimum absolute atomic E-state index is 0.0470. The van der Waals surface area contributed by atoms with Crippen LogP contribution in [0.25, 0.3) is 0 Å². The predicted octanol–water partition coefficient (Wildman–Crippen LogP) is 2.13. The molecular weight excluding hydrogens is 283 g/mol. The molecule has 1 aliphatic rings. The molecule has 0 bridgehead atoms. The highest BCUT2D eigenvalue weighted by Crippen LogP contribution is 2.35. The summed E-state index contributed by atoms with van der Waals surface area (Å²) in [5, 5.41) is 5.25. The van der Waals surface area contributed by atoms with Gasteiger partial charge < -0.3 is 15.2 Å². The number of amides is 1. The number of aromatic nitrogens is 1. The summed E-state index contributed by atoms with van der Waals surface area (Å²) in [4.78, 5) is 12.3. The van der Waals surface area contributed by atoms with E-state index in [0.717, 1.165) is 13.0 Å². The zero-order valence-corrected chi connectivity index (χ0v) is 12.1. The molecule has 0 aliphatic carbocycles. The number of carbonyl (C=O) groups is 1. The summed E-state index contributed by atoms with van der Waals surface area (Å²) >= 11 is 0. The minimum atomic E-state index is -4.52. The molecule has 118 valence electrons. The number of hydrogen-bond acceptors (Lipinski definition) is 2. The van der Waals surface area contributed by atoms with E-state index in [1.165, 1.54) is 23.0 Å². The number of hydrogen-bond donors (Lipinski definition) is 2. The standard InChI is InChI=1S/C14H20F3N3O/c1-13(5-3-6-18-9-13)12(21)19-11(14(15,16)17)10-4-7-20(2)8-10/h4,7-8,11,18H,3,5-6,9H2,1-2H3,(H,19,21)/t11-,13+/m1/s1. The van der Waals surface area contributed by atoms with Crippen LogP contribution in [-0.2, 0) is 11.8 Å². The third-order valence-corrected chi connectivity index (χ3v) is 3.94. The van der Waals surface area contributed by atoms with Gasteiger partial charge in [-0.05, 0) is 32.4 Å². The molecule has 2 N–H and O–H groups in total. The Kier molecular flexibility index (Phi) is 4.32. The van der Waals surface area contributed by atoms with Crippen molar-refractivity contribution < 1.29 is 18.0 Å². The Balaban J connectivity index is 2.17. The first-order valence-corrected chi connectivity index (χ1v) is 6.93. The van der Waals surface area contributed by atoms with Crippen LogP contribution < -0.4 is 10.6 Å². The van der Waals surface area contributed by atoms with Gasteiger partial charge in [-0.2, -0.15) is 13.2 Å². The number of aryl methyl sites for hydroxylation is 1. The van der Waals surface area contributed by atoms with Crippen molar-refractivity contribution in [1.82, 2.24) is 15.2 Å². The normalized spacial score (nSPS) is 24.6. The van der Waals surface area contributed by atoms with Gasteiger partial charge in [0.2, 0.25) is 5.91 Å². The second-order valence-electron chi connectivity index (χ2n) is 5.90. The summed E-state index contributed by atoms with van der Waals surface area (Å²) in [6.07, 6.45) is -0.239. The van der Waals surface area contributed by atoms with E-state index in [9.17, 15) is 18.0 Å². The van der Waals surface area contributed by atoms with Crippen LogP contribution in [0.5, 0.6) is 0 Å². The molecule has 0 unspecified atom stereocenters. The highest BCUT2D eigenvalue weighted by molar-refractivity contribution is 5.83. The predicted molar refractivity (Wildman–Crippen MR) is 72.6 cm³/mol. The Labute approximate surface area is 121 Å². The second-order valence-corrected chi connectivity index (χ2v) is 5.90. The molecule has 1 aliphatic heterocycles. The van der Waals surface area contributed by atoms with Gasteiger partial charge in [0.25, 0.3) is 0 Å². The van der Waals surface area contributed by atoms with Gasteiger partial charge in [-0.15, -0.1) is 0 Å². The van der Waals surface area contributed by atoms with Crippen LogP contribution in [0.1, 0.15) is 31.4 Å². The van der Waals surface area contributed by atoms with Crippen LogP contribution in [0.2, 0.25) is 0 Å². The molecule has 0 spiro atoms. The average Bonchev–Trinajstić information content (AvgIpc) is 2.81. The summed E-state index contributed by atoms with van der Waals surface area (Å²) in [7, 11) is 1.64. The first-order valence-electron chi connectivity index (χ1n) is 6.93. The molecule has 7 heteroatoms. The van der Waals surface area contributed by atoms with Crippen LogP contribution in [-0.4, -0.2) is 29.7 Å². The minimum Gasteiger partial charge on any atom is -0.357 e. The van der Waals surface area contributed by atoms with Crippen molar-refractivity contribution in [2.75, 3.05) is 13.1 Å². The van der Waals surface area contributed by atoms with Crippen molar-refractivity contribution >= 4 is 5.91 Å². The van der Waals surface area contributed by atoms with Crippen molar-refractivity contribution in [2.24, 2.45) is 12.5 Å². The molecule has 2 heterocycles. The van der Waals surface area contributed by atoms with Crippen molar-refractivity contribution in [3.63, 3.8) is 0 Å². The molecule has 2 atom stereocenters. The lowest BCUT2D eigenvalue weighted by Gasteiger charge is -2.34. The quantitative estimate of drug-likeness (QED) is 0.898. The largest absolute Gasteiger partial charge is 0.412 e. The zero-order valence-electron chi connectivity index (χ0n) is 12.1. The maximum absolute atomic E-state index is 13.2. The molecule has 0 aromatic carbocycles. The van der Waals surface area contributed by atoms with Gasteiger partial charge in [0, 0.05) is 31.5 Å². The van der Waals surface area contributed by atoms with Crippen LogP contribution in [0.4, 0.5) is 13.2 Å². The number of nitrogens with zero attached hydrogens (tertiary/aromatic N) is 1. The topological polar surface area (TPSA) is 46.1 Å². The highest BCUT2D eigenvalue weighted by atomic mass is 19.4. The fourth-order valence-corrected chi connectivity index (χ4v) is 2.61. The van der Waals surface area contributed by atoms with Gasteiger partial charge in [-0.25, -0.2) is 0 Å². The molecular formula is C14H20F3N3O. The van der Waals surface area contributed by atoms with Crippen LogP contribution in [0.3, 0.4) is 0 Å². The van der Waals surface area contributed by atoms with E-state index in [1.54, 1.807) is 14.0 Å². The molecule has 2 rings (SSSR count). The van der Waals surface area contributed by atoms with E-state index in [2.05, 4.69) is 10.6 Å². The van der Waals surface area contributed by atoms with E-state index in [4.69, 9.17) is 0 Å². The molecule has 1 aromatic rings. The fourth-order valence-electron chi connectivity index (χ4n) is 2.61. The smallest absolute Gasteiger partial charge is 0.357 e.